The Kier molecular flexibility index (Phi) is 7.90. The van der Waals surface area contributed by atoms with E-state index < -0.39 is 29.3 Å². The summed E-state index contributed by atoms with van der Waals surface area (Å²) in [6, 6.07) is 18.6. The molecule has 1 aliphatic rings. The van der Waals surface area contributed by atoms with Crippen molar-refractivity contribution in [2.45, 2.75) is 31.8 Å². The Morgan fingerprint density at radius 1 is 0.971 bits per heavy atom. The number of nitrogens with one attached hydrogen (secondary N) is 1. The molecule has 1 saturated carbocycles. The molecule has 7 nitrogen and oxygen atoms in total. The quantitative estimate of drug-likeness (QED) is 0.504. The minimum Gasteiger partial charge on any atom is -0.376 e. The van der Waals surface area contributed by atoms with Crippen LogP contribution in [0, 0.1) is 5.92 Å². The molecule has 3 atom stereocenters. The van der Waals surface area contributed by atoms with E-state index in [0.29, 0.717) is 19.6 Å². The monoisotopic (exact) mass is 480 g/mol. The fourth-order valence-corrected chi connectivity index (χ4v) is 4.27. The number of nitrogens with zero attached hydrogens (tertiary/aromatic N) is 1. The molecule has 1 N–H and O–H groups in total. The topological polar surface area (TPSA) is 90.4 Å². The molecule has 4 rings (SSSR count). The number of halogens is 1. The number of ketones is 1. The van der Waals surface area contributed by atoms with Gasteiger partial charge in [-0.3, -0.25) is 19.1 Å². The average molecular weight is 481 g/mol. The summed E-state index contributed by atoms with van der Waals surface area (Å²) < 4.78 is 13.3. The molecule has 1 heterocycles. The molecule has 1 fully saturated rings. The number of carbonyl (C=O) groups excluding carboxylic acids is 1. The number of benzene rings is 2. The molecule has 34 heavy (non-hydrogen) atoms. The second kappa shape index (κ2) is 11.2. The molecule has 0 bridgehead atoms. The first-order valence-corrected chi connectivity index (χ1v) is 11.4. The van der Waals surface area contributed by atoms with Gasteiger partial charge in [0.25, 0.3) is 5.56 Å². The lowest BCUT2D eigenvalue weighted by Crippen LogP contribution is -2.35. The van der Waals surface area contributed by atoms with E-state index in [9.17, 15) is 14.4 Å². The molecule has 8 heteroatoms. The summed E-state index contributed by atoms with van der Waals surface area (Å²) in [5.41, 5.74) is 2.14. The first-order chi connectivity index (χ1) is 16.6. The van der Waals surface area contributed by atoms with Crippen molar-refractivity contribution in [1.29, 1.82) is 0 Å². The van der Waals surface area contributed by atoms with E-state index in [1.165, 1.54) is 22.4 Å². The molecule has 3 aromatic rings. The van der Waals surface area contributed by atoms with E-state index in [0.717, 1.165) is 11.1 Å². The number of aromatic amines is 1. The predicted octanol–water partition coefficient (Wildman–Crippen LogP) is 3.68. The van der Waals surface area contributed by atoms with Crippen molar-refractivity contribution < 1.29 is 14.3 Å². The molecule has 1 aliphatic carbocycles. The Labute approximate surface area is 201 Å². The largest absolute Gasteiger partial charge is 0.376 e. The maximum absolute atomic E-state index is 13.4. The van der Waals surface area contributed by atoms with Crippen molar-refractivity contribution in [3.63, 3.8) is 0 Å². The lowest BCUT2D eigenvalue weighted by atomic mass is 10.1. The minimum atomic E-state index is -0.780. The number of rotatable bonds is 9. The summed E-state index contributed by atoms with van der Waals surface area (Å²) >= 11 is 5.62. The summed E-state index contributed by atoms with van der Waals surface area (Å²) in [4.78, 5) is 40.3. The number of hydrogen-bond donors (Lipinski definition) is 1. The van der Waals surface area contributed by atoms with Crippen molar-refractivity contribution in [3.05, 3.63) is 110 Å². The van der Waals surface area contributed by atoms with Crippen LogP contribution in [0.25, 0.3) is 6.08 Å². The van der Waals surface area contributed by atoms with Crippen LogP contribution in [0.3, 0.4) is 0 Å². The minimum absolute atomic E-state index is 0.163. The molecule has 0 saturated heterocycles. The third kappa shape index (κ3) is 5.62. The van der Waals surface area contributed by atoms with Crippen molar-refractivity contribution >= 4 is 23.5 Å². The first-order valence-electron chi connectivity index (χ1n) is 11.0. The third-order valence-electron chi connectivity index (χ3n) is 5.89. The Morgan fingerprint density at radius 2 is 1.62 bits per heavy atom. The zero-order valence-electron chi connectivity index (χ0n) is 18.4. The first kappa shape index (κ1) is 23.9. The van der Waals surface area contributed by atoms with Gasteiger partial charge in [-0.05, 0) is 17.2 Å². The maximum atomic E-state index is 13.4. The molecule has 0 radical (unpaired) electrons. The standard InChI is InChI=1S/C26H25ClN2O5/c27-12-11-20-14-29(26(32)28-25(20)31)22-13-23(34-16-19-9-5-2-6-10-19)21(24(22)30)17-33-15-18-7-3-1-4-8-18/h1-12,14,21-23H,13,15-17H2,(H,28,31,32)/t21-,22+,23+/m1/s1. The number of aromatic nitrogens is 2. The van der Waals surface area contributed by atoms with E-state index in [2.05, 4.69) is 4.98 Å². The Bertz CT molecular complexity index is 1250. The fraction of sp³-hybridized carbons (Fsp3) is 0.269. The zero-order valence-corrected chi connectivity index (χ0v) is 19.2. The van der Waals surface area contributed by atoms with Gasteiger partial charge in [0.15, 0.2) is 5.78 Å². The number of ether oxygens (including phenoxy) is 2. The van der Waals surface area contributed by atoms with E-state index in [-0.39, 0.29) is 18.0 Å². The SMILES string of the molecule is O=C1[C@H](COCc2ccccc2)[C@@H](OCc2ccccc2)C[C@@H]1n1cc(C=CCl)c(=O)[nH]c1=O. The van der Waals surface area contributed by atoms with Gasteiger partial charge in [-0.15, -0.1) is 0 Å². The number of carbonyl (C=O) groups is 1. The highest BCUT2D eigenvalue weighted by Gasteiger charge is 2.44. The molecule has 1 aromatic heterocycles. The van der Waals surface area contributed by atoms with E-state index >= 15 is 0 Å². The van der Waals surface area contributed by atoms with Crippen LogP contribution >= 0.6 is 11.6 Å². The van der Waals surface area contributed by atoms with Crippen molar-refractivity contribution in [1.82, 2.24) is 9.55 Å². The summed E-state index contributed by atoms with van der Waals surface area (Å²) in [7, 11) is 0. The van der Waals surface area contributed by atoms with E-state index in [4.69, 9.17) is 21.1 Å². The van der Waals surface area contributed by atoms with Gasteiger partial charge in [-0.25, -0.2) is 4.79 Å². The van der Waals surface area contributed by atoms with Gasteiger partial charge in [0.2, 0.25) is 0 Å². The van der Waals surface area contributed by atoms with Gasteiger partial charge in [-0.2, -0.15) is 0 Å². The summed E-state index contributed by atoms with van der Waals surface area (Å²) in [6.45, 7) is 0.863. The van der Waals surface area contributed by atoms with Crippen molar-refractivity contribution in [3.8, 4) is 0 Å². The molecular formula is C26H25ClN2O5. The zero-order chi connectivity index (χ0) is 23.9. The Balaban J connectivity index is 1.55. The van der Waals surface area contributed by atoms with Crippen LogP contribution in [0.15, 0.2) is 82.0 Å². The Morgan fingerprint density at radius 3 is 2.26 bits per heavy atom. The van der Waals surface area contributed by atoms with Crippen LogP contribution in [0.5, 0.6) is 0 Å². The van der Waals surface area contributed by atoms with Crippen LogP contribution in [-0.4, -0.2) is 28.0 Å². The van der Waals surface area contributed by atoms with Gasteiger partial charge in [0.05, 0.1) is 43.4 Å². The van der Waals surface area contributed by atoms with Gasteiger partial charge >= 0.3 is 5.69 Å². The Hall–Kier alpha value is -3.26. The second-order valence-electron chi connectivity index (χ2n) is 8.14. The number of H-pyrrole nitrogens is 1. The van der Waals surface area contributed by atoms with Crippen LogP contribution in [-0.2, 0) is 27.5 Å². The number of hydrogen-bond acceptors (Lipinski definition) is 5. The van der Waals surface area contributed by atoms with E-state index in [1.54, 1.807) is 0 Å². The number of Topliss-reactive ketones (excluding diaryl/α,β-unsaturated/α-hetero) is 1. The summed E-state index contributed by atoms with van der Waals surface area (Å²) in [6.07, 6.45) is 2.59. The normalized spacial score (nSPS) is 20.3. The highest BCUT2D eigenvalue weighted by molar-refractivity contribution is 6.27. The molecule has 176 valence electrons. The van der Waals surface area contributed by atoms with Gasteiger partial charge in [0.1, 0.15) is 0 Å². The fourth-order valence-electron chi connectivity index (χ4n) is 4.13. The van der Waals surface area contributed by atoms with Crippen molar-refractivity contribution in [2.75, 3.05) is 6.61 Å². The molecule has 0 aliphatic heterocycles. The predicted molar refractivity (Wildman–Crippen MR) is 129 cm³/mol. The maximum Gasteiger partial charge on any atom is 0.329 e. The van der Waals surface area contributed by atoms with Crippen LogP contribution in [0.2, 0.25) is 0 Å². The smallest absolute Gasteiger partial charge is 0.329 e. The molecule has 0 spiro atoms. The lowest BCUT2D eigenvalue weighted by Gasteiger charge is -2.19. The molecule has 0 amide bonds. The molecular weight excluding hydrogens is 456 g/mol. The highest BCUT2D eigenvalue weighted by atomic mass is 35.5. The highest BCUT2D eigenvalue weighted by Crippen LogP contribution is 2.34. The average Bonchev–Trinajstić information content (AvgIpc) is 3.16. The third-order valence-corrected chi connectivity index (χ3v) is 6.01. The van der Waals surface area contributed by atoms with Gasteiger partial charge in [-0.1, -0.05) is 72.3 Å². The van der Waals surface area contributed by atoms with Crippen molar-refractivity contribution in [2.24, 2.45) is 5.92 Å². The van der Waals surface area contributed by atoms with Crippen LogP contribution in [0.1, 0.15) is 29.2 Å². The van der Waals surface area contributed by atoms with Crippen LogP contribution < -0.4 is 11.2 Å². The van der Waals surface area contributed by atoms with E-state index in [1.807, 2.05) is 60.7 Å². The van der Waals surface area contributed by atoms with Gasteiger partial charge in [0, 0.05) is 18.2 Å². The summed E-state index contributed by atoms with van der Waals surface area (Å²) in [5, 5.41) is 0. The lowest BCUT2D eigenvalue weighted by molar-refractivity contribution is -0.128. The van der Waals surface area contributed by atoms with Crippen LogP contribution in [0.4, 0.5) is 0 Å². The summed E-state index contributed by atoms with van der Waals surface area (Å²) in [5.74, 6) is -0.718. The second-order valence-corrected chi connectivity index (χ2v) is 8.39. The van der Waals surface area contributed by atoms with Gasteiger partial charge < -0.3 is 9.47 Å². The molecule has 2 aromatic carbocycles. The molecule has 0 unspecified atom stereocenters.